The Bertz CT molecular complexity index is 974. The fraction of sp³-hybridized carbons (Fsp3) is 0.381. The van der Waals surface area contributed by atoms with Crippen LogP contribution < -0.4 is 10.5 Å². The maximum Gasteiger partial charge on any atom is 0.257 e. The number of ether oxygens (including phenoxy) is 2. The zero-order valence-electron chi connectivity index (χ0n) is 15.6. The fourth-order valence-corrected chi connectivity index (χ4v) is 4.55. The van der Waals surface area contributed by atoms with Gasteiger partial charge in [0.25, 0.3) is 5.91 Å². The SMILES string of the molecule is NC(=O)c1ccnc(OC2CC3(C2)O[C@@H]2CC[C@@H](c4ccc(F)cc4)N2C3=O)c1. The lowest BCUT2D eigenvalue weighted by atomic mass is 9.76. The molecule has 1 aliphatic carbocycles. The summed E-state index contributed by atoms with van der Waals surface area (Å²) in [6.07, 6.45) is 3.39. The average Bonchev–Trinajstić information content (AvgIpc) is 3.21. The number of pyridine rings is 1. The second-order valence-electron chi connectivity index (χ2n) is 7.82. The minimum atomic E-state index is -0.866. The van der Waals surface area contributed by atoms with Crippen molar-refractivity contribution in [3.05, 3.63) is 59.5 Å². The van der Waals surface area contributed by atoms with Gasteiger partial charge in [-0.1, -0.05) is 12.1 Å². The number of carbonyl (C=O) groups is 2. The Morgan fingerprint density at radius 1 is 1.24 bits per heavy atom. The summed E-state index contributed by atoms with van der Waals surface area (Å²) in [5, 5.41) is 0. The minimum absolute atomic E-state index is 0.0342. The lowest BCUT2D eigenvalue weighted by molar-refractivity contribution is -0.162. The van der Waals surface area contributed by atoms with E-state index in [0.717, 1.165) is 18.4 Å². The molecule has 0 bridgehead atoms. The summed E-state index contributed by atoms with van der Waals surface area (Å²) < 4.78 is 25.2. The van der Waals surface area contributed by atoms with Crippen LogP contribution in [0, 0.1) is 5.82 Å². The molecule has 3 heterocycles. The van der Waals surface area contributed by atoms with Gasteiger partial charge in [0.15, 0.2) is 5.60 Å². The molecule has 0 radical (unpaired) electrons. The van der Waals surface area contributed by atoms with E-state index in [1.165, 1.54) is 30.5 Å². The second kappa shape index (κ2) is 6.52. The molecular weight excluding hydrogens is 377 g/mol. The third-order valence-electron chi connectivity index (χ3n) is 6.00. The molecule has 2 atom stereocenters. The van der Waals surface area contributed by atoms with Crippen LogP contribution in [0.25, 0.3) is 0 Å². The van der Waals surface area contributed by atoms with Crippen molar-refractivity contribution in [2.45, 2.75) is 49.7 Å². The molecule has 2 aliphatic heterocycles. The predicted molar refractivity (Wildman–Crippen MR) is 99.2 cm³/mol. The average molecular weight is 397 g/mol. The van der Waals surface area contributed by atoms with Gasteiger partial charge in [-0.2, -0.15) is 0 Å². The van der Waals surface area contributed by atoms with Gasteiger partial charge in [-0.15, -0.1) is 0 Å². The molecular formula is C21H20FN3O4. The van der Waals surface area contributed by atoms with Crippen LogP contribution >= 0.6 is 0 Å². The molecule has 150 valence electrons. The first-order valence-corrected chi connectivity index (χ1v) is 9.64. The number of nitrogens with two attached hydrogens (primary N) is 1. The molecule has 1 aromatic carbocycles. The number of amides is 2. The topological polar surface area (TPSA) is 94.8 Å². The third-order valence-corrected chi connectivity index (χ3v) is 6.00. The zero-order valence-corrected chi connectivity index (χ0v) is 15.6. The summed E-state index contributed by atoms with van der Waals surface area (Å²) in [6, 6.07) is 9.20. The van der Waals surface area contributed by atoms with Crippen molar-refractivity contribution in [3.63, 3.8) is 0 Å². The van der Waals surface area contributed by atoms with Gasteiger partial charge in [0.1, 0.15) is 18.1 Å². The molecule has 2 saturated heterocycles. The van der Waals surface area contributed by atoms with Crippen LogP contribution in [0.3, 0.4) is 0 Å². The predicted octanol–water partition coefficient (Wildman–Crippen LogP) is 2.32. The van der Waals surface area contributed by atoms with Gasteiger partial charge in [0.05, 0.1) is 6.04 Å². The van der Waals surface area contributed by atoms with Gasteiger partial charge in [-0.05, 0) is 36.6 Å². The van der Waals surface area contributed by atoms with Crippen molar-refractivity contribution in [2.24, 2.45) is 5.73 Å². The summed E-state index contributed by atoms with van der Waals surface area (Å²) >= 11 is 0. The Balaban J connectivity index is 1.27. The number of primary amides is 1. The first-order chi connectivity index (χ1) is 13.9. The standard InChI is InChI=1S/C21H20FN3O4/c22-14-3-1-12(2-4-14)16-5-6-18-25(16)20(27)21(29-18)10-15(11-21)28-17-9-13(19(23)26)7-8-24-17/h1-4,7-9,15-16,18H,5-6,10-11H2,(H2,23,26)/t15?,16-,18+,21?/m0/s1. The van der Waals surface area contributed by atoms with Crippen LogP contribution in [-0.2, 0) is 9.53 Å². The Labute approximate surface area is 166 Å². The van der Waals surface area contributed by atoms with Gasteiger partial charge >= 0.3 is 0 Å². The Morgan fingerprint density at radius 3 is 2.72 bits per heavy atom. The number of aromatic nitrogens is 1. The van der Waals surface area contributed by atoms with E-state index >= 15 is 0 Å². The summed E-state index contributed by atoms with van der Waals surface area (Å²) in [6.45, 7) is 0. The monoisotopic (exact) mass is 397 g/mol. The lowest BCUT2D eigenvalue weighted by Crippen LogP contribution is -2.56. The number of hydrogen-bond donors (Lipinski definition) is 1. The Morgan fingerprint density at radius 2 is 2.00 bits per heavy atom. The first kappa shape index (κ1) is 18.1. The molecule has 5 rings (SSSR count). The first-order valence-electron chi connectivity index (χ1n) is 9.64. The minimum Gasteiger partial charge on any atom is -0.474 e. The lowest BCUT2D eigenvalue weighted by Gasteiger charge is -2.42. The van der Waals surface area contributed by atoms with Crippen LogP contribution in [0.4, 0.5) is 4.39 Å². The van der Waals surface area contributed by atoms with Crippen molar-refractivity contribution in [1.82, 2.24) is 9.88 Å². The summed E-state index contributed by atoms with van der Waals surface area (Å²) in [7, 11) is 0. The van der Waals surface area contributed by atoms with Gasteiger partial charge in [0.2, 0.25) is 11.8 Å². The van der Waals surface area contributed by atoms with E-state index in [2.05, 4.69) is 4.98 Å². The zero-order chi connectivity index (χ0) is 20.2. The maximum atomic E-state index is 13.2. The summed E-state index contributed by atoms with van der Waals surface area (Å²) in [5.41, 5.74) is 5.65. The highest BCUT2D eigenvalue weighted by Crippen LogP contribution is 2.51. The van der Waals surface area contributed by atoms with Crippen molar-refractivity contribution >= 4 is 11.8 Å². The van der Waals surface area contributed by atoms with E-state index in [9.17, 15) is 14.0 Å². The second-order valence-corrected chi connectivity index (χ2v) is 7.82. The molecule has 7 nitrogen and oxygen atoms in total. The van der Waals surface area contributed by atoms with Gasteiger partial charge in [-0.25, -0.2) is 9.37 Å². The van der Waals surface area contributed by atoms with Gasteiger partial charge in [0, 0.05) is 30.7 Å². The summed E-state index contributed by atoms with van der Waals surface area (Å²) in [5.74, 6) is -0.579. The number of rotatable bonds is 4. The number of nitrogens with zero attached hydrogens (tertiary/aromatic N) is 2. The number of hydrogen-bond acceptors (Lipinski definition) is 5. The number of fused-ring (bicyclic) bond motifs is 1. The van der Waals surface area contributed by atoms with Gasteiger partial charge in [-0.3, -0.25) is 9.59 Å². The Kier molecular flexibility index (Phi) is 4.06. The highest BCUT2D eigenvalue weighted by Gasteiger charge is 2.63. The molecule has 1 aromatic heterocycles. The van der Waals surface area contributed by atoms with E-state index in [1.54, 1.807) is 17.0 Å². The highest BCUT2D eigenvalue weighted by atomic mass is 19.1. The van der Waals surface area contributed by atoms with Crippen molar-refractivity contribution in [1.29, 1.82) is 0 Å². The highest BCUT2D eigenvalue weighted by molar-refractivity contribution is 5.93. The summed E-state index contributed by atoms with van der Waals surface area (Å²) in [4.78, 5) is 30.4. The maximum absolute atomic E-state index is 13.2. The van der Waals surface area contributed by atoms with Crippen molar-refractivity contribution < 1.29 is 23.5 Å². The van der Waals surface area contributed by atoms with Crippen LogP contribution in [-0.4, -0.2) is 39.6 Å². The quantitative estimate of drug-likeness (QED) is 0.854. The van der Waals surface area contributed by atoms with E-state index in [1.807, 2.05) is 0 Å². The van der Waals surface area contributed by atoms with E-state index in [4.69, 9.17) is 15.2 Å². The normalized spacial score (nSPS) is 30.3. The molecule has 1 spiro atoms. The smallest absolute Gasteiger partial charge is 0.257 e. The van der Waals surface area contributed by atoms with Crippen LogP contribution in [0.5, 0.6) is 5.88 Å². The number of carbonyl (C=O) groups excluding carboxylic acids is 2. The van der Waals surface area contributed by atoms with E-state index in [0.29, 0.717) is 24.3 Å². The van der Waals surface area contributed by atoms with Crippen LogP contribution in [0.15, 0.2) is 42.6 Å². The molecule has 2 aromatic rings. The molecule has 29 heavy (non-hydrogen) atoms. The largest absolute Gasteiger partial charge is 0.474 e. The number of benzene rings is 1. The van der Waals surface area contributed by atoms with Gasteiger partial charge < -0.3 is 20.1 Å². The molecule has 2 N–H and O–H groups in total. The van der Waals surface area contributed by atoms with Crippen molar-refractivity contribution in [2.75, 3.05) is 0 Å². The van der Waals surface area contributed by atoms with E-state index in [-0.39, 0.29) is 30.1 Å². The molecule has 8 heteroatoms. The van der Waals surface area contributed by atoms with Crippen LogP contribution in [0.1, 0.15) is 47.6 Å². The molecule has 2 amide bonds. The Hall–Kier alpha value is -3.00. The van der Waals surface area contributed by atoms with Crippen LogP contribution in [0.2, 0.25) is 0 Å². The molecule has 3 fully saturated rings. The number of halogens is 1. The fourth-order valence-electron chi connectivity index (χ4n) is 4.55. The molecule has 0 unspecified atom stereocenters. The van der Waals surface area contributed by atoms with E-state index < -0.39 is 11.5 Å². The van der Waals surface area contributed by atoms with Crippen molar-refractivity contribution in [3.8, 4) is 5.88 Å². The third kappa shape index (κ3) is 2.95. The molecule has 1 saturated carbocycles. The molecule has 3 aliphatic rings.